The molecule has 0 bridgehead atoms. The van der Waals surface area contributed by atoms with E-state index in [1.165, 1.54) is 27.7 Å². The molecule has 0 saturated carbocycles. The molecule has 17 heavy (non-hydrogen) atoms. The van der Waals surface area contributed by atoms with Crippen molar-refractivity contribution in [3.8, 4) is 0 Å². The van der Waals surface area contributed by atoms with E-state index < -0.39 is 0 Å². The first-order chi connectivity index (χ1) is 7.44. The number of oxime groups is 4. The van der Waals surface area contributed by atoms with Crippen molar-refractivity contribution in [2.45, 2.75) is 27.7 Å². The maximum Gasteiger partial charge on any atom is 3.00 e. The summed E-state index contributed by atoms with van der Waals surface area (Å²) in [7, 11) is 0. The average Bonchev–Trinajstić information content (AvgIpc) is 2.35. The van der Waals surface area contributed by atoms with E-state index in [0.29, 0.717) is 22.8 Å². The summed E-state index contributed by atoms with van der Waals surface area (Å²) in [5.74, 6) is 0. The van der Waals surface area contributed by atoms with Crippen LogP contribution in [0.5, 0.6) is 0 Å². The molecule has 0 aromatic carbocycles. The summed E-state index contributed by atoms with van der Waals surface area (Å²) in [6.07, 6.45) is 0. The van der Waals surface area contributed by atoms with E-state index in [9.17, 15) is 0 Å². The van der Waals surface area contributed by atoms with Crippen molar-refractivity contribution in [1.82, 2.24) is 0 Å². The van der Waals surface area contributed by atoms with Crippen LogP contribution in [0.15, 0.2) is 20.6 Å². The molecule has 0 spiro atoms. The first kappa shape index (κ1) is 20.8. The zero-order valence-corrected chi connectivity index (χ0v) is 11.0. The second kappa shape index (κ2) is 12.5. The molecule has 0 unspecified atom stereocenters. The molecular formula is C8H16CoN4O4+3. The number of hydrogen-bond donors (Lipinski definition) is 4. The minimum atomic E-state index is 0. The third kappa shape index (κ3) is 10.7. The van der Waals surface area contributed by atoms with Crippen LogP contribution in [0.25, 0.3) is 0 Å². The second-order valence-corrected chi connectivity index (χ2v) is 2.74. The Kier molecular flexibility index (Phi) is 15.2. The minimum Gasteiger partial charge on any atom is -0.411 e. The van der Waals surface area contributed by atoms with E-state index >= 15 is 0 Å². The van der Waals surface area contributed by atoms with Crippen LogP contribution in [-0.2, 0) is 16.8 Å². The van der Waals surface area contributed by atoms with Gasteiger partial charge in [0.05, 0.1) is 0 Å². The summed E-state index contributed by atoms with van der Waals surface area (Å²) in [6, 6.07) is 0. The first-order valence-electron chi connectivity index (χ1n) is 4.19. The monoisotopic (exact) mass is 291 g/mol. The first-order valence-corrected chi connectivity index (χ1v) is 4.19. The Balaban J connectivity index is -0.000000218. The average molecular weight is 291 g/mol. The molecule has 0 radical (unpaired) electrons. The van der Waals surface area contributed by atoms with Gasteiger partial charge < -0.3 is 20.8 Å². The molecule has 0 aromatic rings. The van der Waals surface area contributed by atoms with E-state index in [2.05, 4.69) is 20.6 Å². The fourth-order valence-electron chi connectivity index (χ4n) is 0.289. The van der Waals surface area contributed by atoms with Crippen molar-refractivity contribution >= 4 is 22.8 Å². The van der Waals surface area contributed by atoms with Crippen molar-refractivity contribution in [1.29, 1.82) is 0 Å². The fourth-order valence-corrected chi connectivity index (χ4v) is 0.289. The zero-order valence-electron chi connectivity index (χ0n) is 9.91. The number of nitrogens with zero attached hydrogens (tertiary/aromatic N) is 4. The third-order valence-corrected chi connectivity index (χ3v) is 1.65. The number of hydrogen-bond acceptors (Lipinski definition) is 8. The normalized spacial score (nSPS) is 13.4. The Morgan fingerprint density at radius 3 is 0.706 bits per heavy atom. The van der Waals surface area contributed by atoms with E-state index in [-0.39, 0.29) is 16.8 Å². The second-order valence-electron chi connectivity index (χ2n) is 2.74. The van der Waals surface area contributed by atoms with Gasteiger partial charge in [-0.25, -0.2) is 0 Å². The maximum absolute atomic E-state index is 8.03. The van der Waals surface area contributed by atoms with Gasteiger partial charge in [0.2, 0.25) is 0 Å². The topological polar surface area (TPSA) is 130 Å². The third-order valence-electron chi connectivity index (χ3n) is 1.65. The summed E-state index contributed by atoms with van der Waals surface area (Å²) >= 11 is 0. The molecule has 4 N–H and O–H groups in total. The maximum atomic E-state index is 8.03. The Hall–Kier alpha value is -1.61. The molecule has 0 saturated heterocycles. The standard InChI is InChI=1S/2C4H8N2O2.Co/c2*1-3(5-7)4(2)6-8;/h2*7-8H,1-2H3;/q;;+3. The van der Waals surface area contributed by atoms with Crippen LogP contribution in [0.4, 0.5) is 0 Å². The Bertz CT molecular complexity index is 261. The minimum absolute atomic E-state index is 0. The van der Waals surface area contributed by atoms with Gasteiger partial charge >= 0.3 is 16.8 Å². The van der Waals surface area contributed by atoms with Crippen molar-refractivity contribution in [3.05, 3.63) is 0 Å². The predicted molar refractivity (Wildman–Crippen MR) is 59.6 cm³/mol. The smallest absolute Gasteiger partial charge is 0.411 e. The molecule has 98 valence electrons. The SMILES string of the molecule is CC(=NO)C(C)=NO.CC(=NO)C(C)=NO.[Co+3]. The molecule has 0 atom stereocenters. The molecule has 0 aliphatic rings. The van der Waals surface area contributed by atoms with Crippen LogP contribution in [0.2, 0.25) is 0 Å². The molecule has 0 fully saturated rings. The van der Waals surface area contributed by atoms with Gasteiger partial charge in [0.25, 0.3) is 0 Å². The van der Waals surface area contributed by atoms with Gasteiger partial charge in [-0.05, 0) is 27.7 Å². The molecule has 0 amide bonds. The summed E-state index contributed by atoms with van der Waals surface area (Å²) in [4.78, 5) is 0. The van der Waals surface area contributed by atoms with Gasteiger partial charge in [0, 0.05) is 0 Å². The van der Waals surface area contributed by atoms with Crippen LogP contribution in [0.3, 0.4) is 0 Å². The van der Waals surface area contributed by atoms with Gasteiger partial charge in [0.15, 0.2) is 0 Å². The Morgan fingerprint density at radius 1 is 0.529 bits per heavy atom. The van der Waals surface area contributed by atoms with E-state index in [1.54, 1.807) is 0 Å². The Labute approximate surface area is 109 Å². The van der Waals surface area contributed by atoms with Gasteiger partial charge in [-0.15, -0.1) is 0 Å². The van der Waals surface area contributed by atoms with Gasteiger partial charge in [-0.3, -0.25) is 0 Å². The summed E-state index contributed by atoms with van der Waals surface area (Å²) in [5, 5.41) is 43.3. The molecule has 0 aliphatic heterocycles. The molecular weight excluding hydrogens is 275 g/mol. The molecule has 9 heteroatoms. The van der Waals surface area contributed by atoms with E-state index in [4.69, 9.17) is 20.8 Å². The van der Waals surface area contributed by atoms with Crippen LogP contribution < -0.4 is 0 Å². The zero-order chi connectivity index (χ0) is 13.1. The summed E-state index contributed by atoms with van der Waals surface area (Å²) in [6.45, 7) is 6.15. The Morgan fingerprint density at radius 2 is 0.647 bits per heavy atom. The van der Waals surface area contributed by atoms with Gasteiger partial charge in [0.1, 0.15) is 22.8 Å². The summed E-state index contributed by atoms with van der Waals surface area (Å²) in [5.41, 5.74) is 1.25. The van der Waals surface area contributed by atoms with Crippen LogP contribution >= 0.6 is 0 Å². The molecule has 0 heterocycles. The predicted octanol–water partition coefficient (Wildman–Crippen LogP) is 1.37. The molecule has 8 nitrogen and oxygen atoms in total. The van der Waals surface area contributed by atoms with Gasteiger partial charge in [-0.2, -0.15) is 0 Å². The van der Waals surface area contributed by atoms with E-state index in [0.717, 1.165) is 0 Å². The van der Waals surface area contributed by atoms with Crippen molar-refractivity contribution < 1.29 is 37.6 Å². The quantitative estimate of drug-likeness (QED) is 0.347. The molecule has 0 aliphatic carbocycles. The largest absolute Gasteiger partial charge is 3.00 e. The molecule has 0 aromatic heterocycles. The van der Waals surface area contributed by atoms with Crippen LogP contribution in [0, 0.1) is 0 Å². The van der Waals surface area contributed by atoms with Gasteiger partial charge in [-0.1, -0.05) is 20.6 Å². The van der Waals surface area contributed by atoms with Crippen LogP contribution in [-0.4, -0.2) is 43.7 Å². The van der Waals surface area contributed by atoms with Crippen LogP contribution in [0.1, 0.15) is 27.7 Å². The van der Waals surface area contributed by atoms with E-state index in [1.807, 2.05) is 0 Å². The van der Waals surface area contributed by atoms with Crippen molar-refractivity contribution in [2.24, 2.45) is 20.6 Å². The number of rotatable bonds is 2. The molecule has 0 rings (SSSR count). The van der Waals surface area contributed by atoms with Crippen molar-refractivity contribution in [3.63, 3.8) is 0 Å². The fraction of sp³-hybridized carbons (Fsp3) is 0.500. The summed E-state index contributed by atoms with van der Waals surface area (Å²) < 4.78 is 0. The van der Waals surface area contributed by atoms with Crippen molar-refractivity contribution in [2.75, 3.05) is 0 Å².